The Morgan fingerprint density at radius 1 is 1.28 bits per heavy atom. The van der Waals surface area contributed by atoms with Gasteiger partial charge in [0.1, 0.15) is 5.82 Å². The number of rotatable bonds is 6. The van der Waals surface area contributed by atoms with E-state index >= 15 is 0 Å². The zero-order chi connectivity index (χ0) is 17.9. The lowest BCUT2D eigenvalue weighted by Crippen LogP contribution is -2.50. The summed E-state index contributed by atoms with van der Waals surface area (Å²) in [5, 5.41) is 2.87. The van der Waals surface area contributed by atoms with E-state index in [0.29, 0.717) is 6.54 Å². The first-order valence-electron chi connectivity index (χ1n) is 8.14. The molecule has 1 aromatic heterocycles. The van der Waals surface area contributed by atoms with Gasteiger partial charge in [0.05, 0.1) is 4.75 Å². The minimum Gasteiger partial charge on any atom is -0.351 e. The Labute approximate surface area is 153 Å². The smallest absolute Gasteiger partial charge is 0.244 e. The van der Waals surface area contributed by atoms with Crippen LogP contribution in [0.15, 0.2) is 42.5 Å². The van der Waals surface area contributed by atoms with Gasteiger partial charge in [-0.1, -0.05) is 18.6 Å². The van der Waals surface area contributed by atoms with Gasteiger partial charge in [-0.3, -0.25) is 9.00 Å². The summed E-state index contributed by atoms with van der Waals surface area (Å²) in [5.74, 6) is -0.428. The summed E-state index contributed by atoms with van der Waals surface area (Å²) in [4.78, 5) is 14.0. The maximum atomic E-state index is 13.0. The Hall–Kier alpha value is -1.79. The van der Waals surface area contributed by atoms with Crippen molar-refractivity contribution in [3.8, 4) is 10.4 Å². The summed E-state index contributed by atoms with van der Waals surface area (Å²) in [7, 11) is -0.922. The highest BCUT2D eigenvalue weighted by Crippen LogP contribution is 2.36. The first kappa shape index (κ1) is 18.0. The summed E-state index contributed by atoms with van der Waals surface area (Å²) in [6, 6.07) is 10.2. The van der Waals surface area contributed by atoms with E-state index in [0.717, 1.165) is 34.6 Å². The third-order valence-electron chi connectivity index (χ3n) is 4.61. The lowest BCUT2D eigenvalue weighted by Gasteiger charge is -2.39. The standard InChI is InChI=1S/C19H20FNO2S2/c1-25(23)19(11-2-12-19)13-21-18(22)10-8-16-7-9-17(24-16)14-3-5-15(20)6-4-14/h3-10H,2,11-13H2,1H3,(H,21,22)/b10-8+. The molecule has 0 spiro atoms. The molecule has 0 bridgehead atoms. The minimum absolute atomic E-state index is 0.173. The number of hydrogen-bond acceptors (Lipinski definition) is 3. The van der Waals surface area contributed by atoms with E-state index in [-0.39, 0.29) is 16.5 Å². The van der Waals surface area contributed by atoms with Crippen molar-refractivity contribution in [2.75, 3.05) is 12.8 Å². The van der Waals surface area contributed by atoms with Crippen molar-refractivity contribution in [1.29, 1.82) is 0 Å². The molecule has 0 radical (unpaired) electrons. The maximum absolute atomic E-state index is 13.0. The van der Waals surface area contributed by atoms with Crippen molar-refractivity contribution in [3.63, 3.8) is 0 Å². The molecule has 1 aromatic carbocycles. The van der Waals surface area contributed by atoms with Gasteiger partial charge in [-0.25, -0.2) is 4.39 Å². The van der Waals surface area contributed by atoms with Gasteiger partial charge in [0.25, 0.3) is 0 Å². The molecule has 1 fully saturated rings. The SMILES string of the molecule is CS(=O)C1(CNC(=O)/C=C/c2ccc(-c3ccc(F)cc3)s2)CCC1. The first-order valence-corrected chi connectivity index (χ1v) is 10.5. The second-order valence-corrected chi connectivity index (χ2v) is 9.14. The molecule has 1 aliphatic rings. The van der Waals surface area contributed by atoms with Crippen molar-refractivity contribution in [1.82, 2.24) is 5.32 Å². The molecule has 1 atom stereocenters. The predicted molar refractivity (Wildman–Crippen MR) is 102 cm³/mol. The number of carbonyl (C=O) groups excluding carboxylic acids is 1. The second kappa shape index (κ2) is 7.62. The Balaban J connectivity index is 1.58. The molecule has 1 heterocycles. The zero-order valence-electron chi connectivity index (χ0n) is 14.0. The van der Waals surface area contributed by atoms with Gasteiger partial charge in [0.2, 0.25) is 5.91 Å². The van der Waals surface area contributed by atoms with Gasteiger partial charge in [-0.05, 0) is 48.7 Å². The number of halogens is 1. The van der Waals surface area contributed by atoms with Crippen LogP contribution in [-0.4, -0.2) is 27.7 Å². The van der Waals surface area contributed by atoms with Crippen molar-refractivity contribution in [3.05, 3.63) is 53.2 Å². The van der Waals surface area contributed by atoms with Crippen LogP contribution in [-0.2, 0) is 15.6 Å². The average Bonchev–Trinajstić information content (AvgIpc) is 3.01. The van der Waals surface area contributed by atoms with Gasteiger partial charge in [0, 0.05) is 39.4 Å². The van der Waals surface area contributed by atoms with E-state index in [1.165, 1.54) is 18.2 Å². The van der Waals surface area contributed by atoms with Crippen molar-refractivity contribution in [2.45, 2.75) is 24.0 Å². The lowest BCUT2D eigenvalue weighted by atomic mass is 9.84. The largest absolute Gasteiger partial charge is 0.351 e. The molecule has 0 saturated heterocycles. The third-order valence-corrected chi connectivity index (χ3v) is 7.49. The van der Waals surface area contributed by atoms with E-state index in [2.05, 4.69) is 5.32 Å². The summed E-state index contributed by atoms with van der Waals surface area (Å²) < 4.78 is 24.6. The van der Waals surface area contributed by atoms with E-state index in [9.17, 15) is 13.4 Å². The summed E-state index contributed by atoms with van der Waals surface area (Å²) >= 11 is 1.54. The van der Waals surface area contributed by atoms with Crippen molar-refractivity contribution in [2.24, 2.45) is 0 Å². The number of nitrogens with one attached hydrogen (secondary N) is 1. The topological polar surface area (TPSA) is 46.2 Å². The van der Waals surface area contributed by atoms with Crippen LogP contribution in [0.5, 0.6) is 0 Å². The van der Waals surface area contributed by atoms with E-state index in [4.69, 9.17) is 0 Å². The van der Waals surface area contributed by atoms with E-state index < -0.39 is 10.8 Å². The summed E-state index contributed by atoms with van der Waals surface area (Å²) in [6.07, 6.45) is 7.88. The zero-order valence-corrected chi connectivity index (χ0v) is 15.6. The monoisotopic (exact) mass is 377 g/mol. The number of hydrogen-bond donors (Lipinski definition) is 1. The quantitative estimate of drug-likeness (QED) is 0.774. The number of benzene rings is 1. The molecule has 1 N–H and O–H groups in total. The van der Waals surface area contributed by atoms with Gasteiger partial charge < -0.3 is 5.32 Å². The van der Waals surface area contributed by atoms with Crippen molar-refractivity contribution < 1.29 is 13.4 Å². The molecule has 1 aliphatic carbocycles. The molecule has 3 nitrogen and oxygen atoms in total. The highest BCUT2D eigenvalue weighted by molar-refractivity contribution is 7.85. The first-order chi connectivity index (χ1) is 12.0. The fraction of sp³-hybridized carbons (Fsp3) is 0.316. The van der Waals surface area contributed by atoms with Crippen LogP contribution in [0.3, 0.4) is 0 Å². The van der Waals surface area contributed by atoms with E-state index in [1.807, 2.05) is 12.1 Å². The number of thiophene rings is 1. The molecule has 1 unspecified atom stereocenters. The lowest BCUT2D eigenvalue weighted by molar-refractivity contribution is -0.116. The Bertz CT molecular complexity index is 807. The summed E-state index contributed by atoms with van der Waals surface area (Å²) in [6.45, 7) is 0.463. The molecule has 2 aromatic rings. The molecule has 25 heavy (non-hydrogen) atoms. The molecule has 1 amide bonds. The van der Waals surface area contributed by atoms with Crippen LogP contribution < -0.4 is 5.32 Å². The normalized spacial score (nSPS) is 17.2. The van der Waals surface area contributed by atoms with Crippen LogP contribution in [0, 0.1) is 5.82 Å². The van der Waals surface area contributed by atoms with Crippen LogP contribution in [0.1, 0.15) is 24.1 Å². The predicted octanol–water partition coefficient (Wildman–Crippen LogP) is 3.98. The fourth-order valence-electron chi connectivity index (χ4n) is 2.81. The van der Waals surface area contributed by atoms with E-state index in [1.54, 1.807) is 35.8 Å². The third kappa shape index (κ3) is 4.25. The molecule has 6 heteroatoms. The molecule has 0 aliphatic heterocycles. The van der Waals surface area contributed by atoms with Crippen LogP contribution in [0.25, 0.3) is 16.5 Å². The van der Waals surface area contributed by atoms with Gasteiger partial charge in [-0.15, -0.1) is 11.3 Å². The van der Waals surface area contributed by atoms with Crippen LogP contribution >= 0.6 is 11.3 Å². The molecular weight excluding hydrogens is 357 g/mol. The Morgan fingerprint density at radius 3 is 2.60 bits per heavy atom. The fourth-order valence-corrected chi connectivity index (χ4v) is 4.87. The van der Waals surface area contributed by atoms with Gasteiger partial charge in [0.15, 0.2) is 0 Å². The maximum Gasteiger partial charge on any atom is 0.244 e. The highest BCUT2D eigenvalue weighted by Gasteiger charge is 2.40. The van der Waals surface area contributed by atoms with Crippen LogP contribution in [0.2, 0.25) is 0 Å². The number of amides is 1. The second-order valence-electron chi connectivity index (χ2n) is 6.25. The highest BCUT2D eigenvalue weighted by atomic mass is 32.2. The van der Waals surface area contributed by atoms with Gasteiger partial charge in [-0.2, -0.15) is 0 Å². The number of carbonyl (C=O) groups is 1. The van der Waals surface area contributed by atoms with Gasteiger partial charge >= 0.3 is 0 Å². The Kier molecular flexibility index (Phi) is 5.49. The molecular formula is C19H20FNO2S2. The van der Waals surface area contributed by atoms with Crippen molar-refractivity contribution >= 4 is 34.1 Å². The summed E-state index contributed by atoms with van der Waals surface area (Å²) in [5.41, 5.74) is 0.952. The van der Waals surface area contributed by atoms with Crippen LogP contribution in [0.4, 0.5) is 4.39 Å². The molecule has 3 rings (SSSR count). The molecule has 1 saturated carbocycles. The molecule has 132 valence electrons. The Morgan fingerprint density at radius 2 is 2.00 bits per heavy atom. The average molecular weight is 378 g/mol. The minimum atomic E-state index is -0.922.